The van der Waals surface area contributed by atoms with Crippen molar-refractivity contribution < 1.29 is 0 Å². The summed E-state index contributed by atoms with van der Waals surface area (Å²) in [5.74, 6) is 0.744. The maximum absolute atomic E-state index is 4.68. The lowest BCUT2D eigenvalue weighted by atomic mass is 9.86. The van der Waals surface area contributed by atoms with E-state index in [4.69, 9.17) is 0 Å². The van der Waals surface area contributed by atoms with Gasteiger partial charge in [0.25, 0.3) is 0 Å². The second kappa shape index (κ2) is 10.4. The molecule has 0 spiro atoms. The highest BCUT2D eigenvalue weighted by molar-refractivity contribution is 6.00. The number of allylic oxidation sites excluding steroid dienone is 1. The lowest BCUT2D eigenvalue weighted by molar-refractivity contribution is 0.357. The van der Waals surface area contributed by atoms with Crippen LogP contribution in [0, 0.1) is 5.92 Å². The maximum atomic E-state index is 4.68. The van der Waals surface area contributed by atoms with Gasteiger partial charge in [0.1, 0.15) is 5.69 Å². The first-order valence-corrected chi connectivity index (χ1v) is 14.0. The number of aromatic amines is 2. The third-order valence-corrected chi connectivity index (χ3v) is 7.97. The van der Waals surface area contributed by atoms with Crippen molar-refractivity contribution in [3.8, 4) is 33.8 Å². The van der Waals surface area contributed by atoms with E-state index in [9.17, 15) is 0 Å². The maximum Gasteiger partial charge on any atom is 0.116 e. The molecule has 0 atom stereocenters. The number of fused-ring (bicyclic) bond motifs is 2. The van der Waals surface area contributed by atoms with Crippen molar-refractivity contribution in [1.82, 2.24) is 30.1 Å². The summed E-state index contributed by atoms with van der Waals surface area (Å²) < 4.78 is 0. The third kappa shape index (κ3) is 4.75. The zero-order valence-corrected chi connectivity index (χ0v) is 22.3. The zero-order valence-electron chi connectivity index (χ0n) is 22.3. The minimum atomic E-state index is 0.744. The SMILES string of the molecule is C=C(CC1CCCCC1)Nc1cncc(-c2ccc3[nH]nc(-c4cc5c(-c6ccncc6)nccc5[nH]4)c3c2)c1. The standard InChI is InChI=1S/C33H31N7/c1-21(15-22-5-3-2-4-6-22)37-26-16-25(19-35-20-26)24-7-8-30-27(17-24)33(40-39-30)31-18-28-29(38-31)11-14-36-32(28)23-9-12-34-13-10-23/h7-14,16-20,22,37-38H,1-6,15H2,(H,39,40). The van der Waals surface area contributed by atoms with Crippen LogP contribution in [-0.2, 0) is 0 Å². The highest BCUT2D eigenvalue weighted by atomic mass is 15.1. The Bertz CT molecular complexity index is 1810. The Morgan fingerprint density at radius 1 is 0.800 bits per heavy atom. The van der Waals surface area contributed by atoms with Crippen molar-refractivity contribution in [2.45, 2.75) is 38.5 Å². The van der Waals surface area contributed by atoms with E-state index < -0.39 is 0 Å². The molecule has 198 valence electrons. The average molecular weight is 526 g/mol. The number of nitrogens with one attached hydrogen (secondary N) is 3. The number of pyridine rings is 3. The molecule has 0 unspecified atom stereocenters. The van der Waals surface area contributed by atoms with Crippen LogP contribution in [0.1, 0.15) is 38.5 Å². The van der Waals surface area contributed by atoms with Gasteiger partial charge < -0.3 is 10.3 Å². The number of rotatable bonds is 7. The van der Waals surface area contributed by atoms with E-state index in [1.165, 1.54) is 32.1 Å². The van der Waals surface area contributed by atoms with Gasteiger partial charge in [-0.3, -0.25) is 20.1 Å². The molecule has 7 rings (SSSR count). The molecule has 0 amide bonds. The van der Waals surface area contributed by atoms with Crippen molar-refractivity contribution in [1.29, 1.82) is 0 Å². The fourth-order valence-corrected chi connectivity index (χ4v) is 5.98. The molecule has 7 heteroatoms. The van der Waals surface area contributed by atoms with Crippen LogP contribution in [0.4, 0.5) is 5.69 Å². The van der Waals surface area contributed by atoms with Gasteiger partial charge in [-0.25, -0.2) is 0 Å². The molecule has 3 N–H and O–H groups in total. The van der Waals surface area contributed by atoms with Crippen LogP contribution in [0.3, 0.4) is 0 Å². The summed E-state index contributed by atoms with van der Waals surface area (Å²) in [5, 5.41) is 13.5. The minimum absolute atomic E-state index is 0.744. The van der Waals surface area contributed by atoms with Gasteiger partial charge in [-0.1, -0.05) is 44.7 Å². The first-order valence-electron chi connectivity index (χ1n) is 14.0. The summed E-state index contributed by atoms with van der Waals surface area (Å²) >= 11 is 0. The minimum Gasteiger partial charge on any atom is -0.358 e. The Morgan fingerprint density at radius 2 is 1.65 bits per heavy atom. The zero-order chi connectivity index (χ0) is 26.9. The lowest BCUT2D eigenvalue weighted by Gasteiger charge is -2.22. The summed E-state index contributed by atoms with van der Waals surface area (Å²) in [6.07, 6.45) is 16.9. The van der Waals surface area contributed by atoms with Crippen LogP contribution in [0.25, 0.3) is 55.6 Å². The first kappa shape index (κ1) is 24.3. The third-order valence-electron chi connectivity index (χ3n) is 7.97. The van der Waals surface area contributed by atoms with Gasteiger partial charge in [0, 0.05) is 57.9 Å². The molecule has 1 aliphatic carbocycles. The fourth-order valence-electron chi connectivity index (χ4n) is 5.98. The molecule has 1 fully saturated rings. The second-order valence-electron chi connectivity index (χ2n) is 10.8. The van der Waals surface area contributed by atoms with E-state index in [0.717, 1.165) is 79.3 Å². The second-order valence-corrected chi connectivity index (χ2v) is 10.8. The molecule has 0 aliphatic heterocycles. The van der Waals surface area contributed by atoms with Gasteiger partial charge >= 0.3 is 0 Å². The summed E-state index contributed by atoms with van der Waals surface area (Å²) in [7, 11) is 0. The smallest absolute Gasteiger partial charge is 0.116 e. The Balaban J connectivity index is 1.19. The molecule has 0 radical (unpaired) electrons. The Hall–Kier alpha value is -4.78. The quantitative estimate of drug-likeness (QED) is 0.196. The van der Waals surface area contributed by atoms with Crippen molar-refractivity contribution in [2.75, 3.05) is 5.32 Å². The predicted molar refractivity (Wildman–Crippen MR) is 162 cm³/mol. The number of hydrogen-bond donors (Lipinski definition) is 3. The number of benzene rings is 1. The number of aromatic nitrogens is 6. The summed E-state index contributed by atoms with van der Waals surface area (Å²) in [5.41, 5.74) is 9.92. The summed E-state index contributed by atoms with van der Waals surface area (Å²) in [6, 6.07) is 16.6. The van der Waals surface area contributed by atoms with Crippen LogP contribution < -0.4 is 5.32 Å². The lowest BCUT2D eigenvalue weighted by Crippen LogP contribution is -2.10. The van der Waals surface area contributed by atoms with E-state index in [0.29, 0.717) is 0 Å². The molecule has 5 aromatic heterocycles. The van der Waals surface area contributed by atoms with Crippen LogP contribution >= 0.6 is 0 Å². The predicted octanol–water partition coefficient (Wildman–Crippen LogP) is 8.13. The van der Waals surface area contributed by atoms with Gasteiger partial charge in [0.2, 0.25) is 0 Å². The van der Waals surface area contributed by atoms with Crippen LogP contribution in [0.15, 0.2) is 91.8 Å². The van der Waals surface area contributed by atoms with Gasteiger partial charge in [0.15, 0.2) is 0 Å². The number of anilines is 1. The van der Waals surface area contributed by atoms with E-state index in [1.807, 2.05) is 36.8 Å². The van der Waals surface area contributed by atoms with Crippen molar-refractivity contribution in [3.63, 3.8) is 0 Å². The normalized spacial score (nSPS) is 14.1. The Labute approximate surface area is 232 Å². The molecule has 6 aromatic rings. The fraction of sp³-hybridized carbons (Fsp3) is 0.212. The van der Waals surface area contributed by atoms with Gasteiger partial charge in [-0.05, 0) is 60.4 Å². The van der Waals surface area contributed by atoms with Gasteiger partial charge in [-0.15, -0.1) is 0 Å². The highest BCUT2D eigenvalue weighted by Crippen LogP contribution is 2.35. The molecule has 1 aliphatic rings. The van der Waals surface area contributed by atoms with Crippen LogP contribution in [0.2, 0.25) is 0 Å². The van der Waals surface area contributed by atoms with Crippen molar-refractivity contribution in [3.05, 3.63) is 91.8 Å². The molecule has 1 saturated carbocycles. The monoisotopic (exact) mass is 525 g/mol. The largest absolute Gasteiger partial charge is 0.358 e. The number of H-pyrrole nitrogens is 2. The van der Waals surface area contributed by atoms with E-state index in [1.54, 1.807) is 12.4 Å². The Morgan fingerprint density at radius 3 is 2.52 bits per heavy atom. The molecule has 5 heterocycles. The van der Waals surface area contributed by atoms with Crippen LogP contribution in [0.5, 0.6) is 0 Å². The molecular formula is C33H31N7. The molecule has 0 saturated heterocycles. The molecule has 7 nitrogen and oxygen atoms in total. The van der Waals surface area contributed by atoms with E-state index in [2.05, 4.69) is 72.4 Å². The number of hydrogen-bond acceptors (Lipinski definition) is 5. The van der Waals surface area contributed by atoms with E-state index in [-0.39, 0.29) is 0 Å². The summed E-state index contributed by atoms with van der Waals surface area (Å²) in [6.45, 7) is 4.31. The van der Waals surface area contributed by atoms with Crippen molar-refractivity contribution in [2.24, 2.45) is 5.92 Å². The molecule has 1 aromatic carbocycles. The van der Waals surface area contributed by atoms with Gasteiger partial charge in [-0.2, -0.15) is 5.10 Å². The van der Waals surface area contributed by atoms with E-state index >= 15 is 0 Å². The molecule has 0 bridgehead atoms. The van der Waals surface area contributed by atoms with Gasteiger partial charge in [0.05, 0.1) is 28.8 Å². The summed E-state index contributed by atoms with van der Waals surface area (Å²) in [4.78, 5) is 16.9. The highest BCUT2D eigenvalue weighted by Gasteiger charge is 2.16. The molecular weight excluding hydrogens is 494 g/mol. The van der Waals surface area contributed by atoms with Crippen molar-refractivity contribution >= 4 is 27.5 Å². The van der Waals surface area contributed by atoms with Crippen LogP contribution in [-0.4, -0.2) is 30.1 Å². The average Bonchev–Trinajstić information content (AvgIpc) is 3.62. The number of nitrogens with zero attached hydrogens (tertiary/aromatic N) is 4. The Kier molecular flexibility index (Phi) is 6.32. The molecule has 40 heavy (non-hydrogen) atoms. The topological polar surface area (TPSA) is 95.2 Å². The first-order chi connectivity index (χ1) is 19.7.